The minimum Gasteiger partial charge on any atom is -0.444 e. The Hall–Kier alpha value is -0.793. The zero-order chi connectivity index (χ0) is 21.8. The largest absolute Gasteiger partial charge is 0.444 e. The Balaban J connectivity index is 2.92. The van der Waals surface area contributed by atoms with E-state index in [0.717, 1.165) is 0 Å². The smallest absolute Gasteiger partial charge is 0.410 e. The van der Waals surface area contributed by atoms with Gasteiger partial charge >= 0.3 is 6.09 Å². The van der Waals surface area contributed by atoms with Crippen molar-refractivity contribution in [3.63, 3.8) is 0 Å². The third-order valence-electron chi connectivity index (χ3n) is 5.35. The minimum atomic E-state index is -2.07. The maximum Gasteiger partial charge on any atom is 0.410 e. The molecule has 6 nitrogen and oxygen atoms in total. The molecule has 0 aromatic carbocycles. The van der Waals surface area contributed by atoms with E-state index in [-0.39, 0.29) is 29.2 Å². The third-order valence-corrected chi connectivity index (χ3v) is 10.1. The number of rotatable bonds is 6. The molecule has 1 fully saturated rings. The van der Waals surface area contributed by atoms with Crippen LogP contribution < -0.4 is 5.32 Å². The van der Waals surface area contributed by atoms with Gasteiger partial charge in [-0.2, -0.15) is 0 Å². The molecule has 2 atom stereocenters. The van der Waals surface area contributed by atoms with E-state index in [4.69, 9.17) is 20.8 Å². The third kappa shape index (κ3) is 7.91. The lowest BCUT2D eigenvalue weighted by Crippen LogP contribution is -2.60. The topological polar surface area (TPSA) is 67.9 Å². The molecule has 0 saturated carbocycles. The Kier molecular flexibility index (Phi) is 8.84. The van der Waals surface area contributed by atoms with Crippen molar-refractivity contribution >= 4 is 31.9 Å². The van der Waals surface area contributed by atoms with Gasteiger partial charge < -0.3 is 19.4 Å². The van der Waals surface area contributed by atoms with E-state index >= 15 is 0 Å². The second-order valence-electron chi connectivity index (χ2n) is 10.1. The van der Waals surface area contributed by atoms with Crippen LogP contribution in [0.3, 0.4) is 0 Å². The number of nitrogens with one attached hydrogen (secondary N) is 1. The second-order valence-corrected chi connectivity index (χ2v) is 15.2. The molecule has 1 rings (SSSR count). The quantitative estimate of drug-likeness (QED) is 0.492. The molecular formula is C20H39ClN2O4Si. The van der Waals surface area contributed by atoms with Gasteiger partial charge in [-0.25, -0.2) is 4.79 Å². The van der Waals surface area contributed by atoms with Crippen LogP contribution in [0.1, 0.15) is 60.8 Å². The van der Waals surface area contributed by atoms with Gasteiger partial charge in [0.1, 0.15) is 5.60 Å². The monoisotopic (exact) mass is 434 g/mol. The van der Waals surface area contributed by atoms with Crippen molar-refractivity contribution in [2.24, 2.45) is 0 Å². The first-order valence-corrected chi connectivity index (χ1v) is 13.6. The maximum absolute atomic E-state index is 12.5. The highest BCUT2D eigenvalue weighted by Gasteiger charge is 2.43. The summed E-state index contributed by atoms with van der Waals surface area (Å²) in [5.74, 6) is 0.453. The average Bonchev–Trinajstić information content (AvgIpc) is 2.51. The Bertz CT molecular complexity index is 543. The summed E-state index contributed by atoms with van der Waals surface area (Å²) in [6.07, 6.45) is 1.12. The predicted octanol–water partition coefficient (Wildman–Crippen LogP) is 4.52. The van der Waals surface area contributed by atoms with Crippen LogP contribution in [-0.2, 0) is 14.0 Å². The van der Waals surface area contributed by atoms with Gasteiger partial charge in [0.05, 0.1) is 18.7 Å². The van der Waals surface area contributed by atoms with Gasteiger partial charge in [0.2, 0.25) is 5.91 Å². The number of nitrogens with zero attached hydrogens (tertiary/aromatic N) is 1. The first-order chi connectivity index (χ1) is 12.7. The zero-order valence-electron chi connectivity index (χ0n) is 18.9. The molecule has 28 heavy (non-hydrogen) atoms. The van der Waals surface area contributed by atoms with Crippen molar-refractivity contribution in [2.75, 3.05) is 19.0 Å². The molecule has 1 N–H and O–H groups in total. The van der Waals surface area contributed by atoms with E-state index < -0.39 is 13.9 Å². The number of ether oxygens (including phenoxy) is 1. The van der Waals surface area contributed by atoms with Crippen LogP contribution in [0.4, 0.5) is 4.79 Å². The number of likely N-dealkylation sites (tertiary alicyclic amines) is 1. The molecule has 1 aliphatic rings. The highest BCUT2D eigenvalue weighted by atomic mass is 35.5. The van der Waals surface area contributed by atoms with Crippen molar-refractivity contribution in [1.82, 2.24) is 10.2 Å². The number of halogens is 1. The lowest BCUT2D eigenvalue weighted by atomic mass is 10.0. The van der Waals surface area contributed by atoms with Gasteiger partial charge in [-0.3, -0.25) is 4.79 Å². The van der Waals surface area contributed by atoms with Crippen LogP contribution in [0.2, 0.25) is 18.1 Å². The standard InChI is InChI=1S/C20H39ClN2O4Si/c1-19(2,3)26-18(25)23-13-11-15(22-17(24)10-9-12-21)16(14-23)27-28(7,8)20(4,5)6/h15-16H,9-14H2,1-8H3,(H,22,24). The summed E-state index contributed by atoms with van der Waals surface area (Å²) in [6.45, 7) is 17.5. The van der Waals surface area contributed by atoms with Crippen molar-refractivity contribution in [3.05, 3.63) is 0 Å². The van der Waals surface area contributed by atoms with Crippen LogP contribution in [0.15, 0.2) is 0 Å². The van der Waals surface area contributed by atoms with Crippen molar-refractivity contribution in [1.29, 1.82) is 0 Å². The molecule has 0 spiro atoms. The summed E-state index contributed by atoms with van der Waals surface area (Å²) >= 11 is 5.70. The molecule has 1 aliphatic heterocycles. The predicted molar refractivity (Wildman–Crippen MR) is 116 cm³/mol. The number of carbonyl (C=O) groups excluding carboxylic acids is 2. The molecule has 0 aliphatic carbocycles. The molecule has 1 saturated heterocycles. The number of carbonyl (C=O) groups is 2. The maximum atomic E-state index is 12.5. The SMILES string of the molecule is CC(C)(C)OC(=O)N1CCC(NC(=O)CCCCl)C(O[Si](C)(C)C(C)(C)C)C1. The van der Waals surface area contributed by atoms with Crippen molar-refractivity contribution < 1.29 is 18.8 Å². The van der Waals surface area contributed by atoms with E-state index in [9.17, 15) is 9.59 Å². The molecule has 0 aromatic rings. The fourth-order valence-corrected chi connectivity index (χ4v) is 4.24. The fraction of sp³-hybridized carbons (Fsp3) is 0.900. The molecule has 164 valence electrons. The number of amides is 2. The Morgan fingerprint density at radius 3 is 2.29 bits per heavy atom. The van der Waals surface area contributed by atoms with Gasteiger partial charge in [0, 0.05) is 18.8 Å². The van der Waals surface area contributed by atoms with Crippen LogP contribution in [0.5, 0.6) is 0 Å². The molecule has 8 heteroatoms. The molecule has 2 amide bonds. The van der Waals surface area contributed by atoms with E-state index in [0.29, 0.717) is 38.2 Å². The van der Waals surface area contributed by atoms with Gasteiger partial charge in [0.15, 0.2) is 8.32 Å². The lowest BCUT2D eigenvalue weighted by Gasteiger charge is -2.45. The Labute approximate surface area is 176 Å². The van der Waals surface area contributed by atoms with E-state index in [1.807, 2.05) is 20.8 Å². The number of piperidine rings is 1. The van der Waals surface area contributed by atoms with Crippen molar-refractivity contribution in [2.45, 2.75) is 96.7 Å². The first-order valence-electron chi connectivity index (χ1n) is 10.2. The van der Waals surface area contributed by atoms with Crippen LogP contribution >= 0.6 is 11.6 Å². The molecule has 2 unspecified atom stereocenters. The van der Waals surface area contributed by atoms with Crippen LogP contribution in [0.25, 0.3) is 0 Å². The molecular weight excluding hydrogens is 396 g/mol. The summed E-state index contributed by atoms with van der Waals surface area (Å²) < 4.78 is 12.2. The van der Waals surface area contributed by atoms with Gasteiger partial charge in [0.25, 0.3) is 0 Å². The summed E-state index contributed by atoms with van der Waals surface area (Å²) in [5.41, 5.74) is -0.542. The van der Waals surface area contributed by atoms with E-state index in [1.54, 1.807) is 4.90 Å². The highest BCUT2D eigenvalue weighted by molar-refractivity contribution is 6.74. The summed E-state index contributed by atoms with van der Waals surface area (Å²) in [7, 11) is -2.07. The minimum absolute atomic E-state index is 0.0137. The van der Waals surface area contributed by atoms with E-state index in [1.165, 1.54) is 0 Å². The average molecular weight is 435 g/mol. The fourth-order valence-electron chi connectivity index (χ4n) is 2.75. The highest BCUT2D eigenvalue weighted by Crippen LogP contribution is 2.38. The summed E-state index contributed by atoms with van der Waals surface area (Å²) in [5, 5.41) is 3.14. The summed E-state index contributed by atoms with van der Waals surface area (Å²) in [6, 6.07) is -0.115. The molecule has 0 bridgehead atoms. The van der Waals surface area contributed by atoms with Gasteiger partial charge in [-0.05, 0) is 51.7 Å². The van der Waals surface area contributed by atoms with E-state index in [2.05, 4.69) is 39.2 Å². The number of hydrogen-bond acceptors (Lipinski definition) is 4. The lowest BCUT2D eigenvalue weighted by molar-refractivity contribution is -0.123. The second kappa shape index (κ2) is 9.81. The first kappa shape index (κ1) is 25.2. The zero-order valence-corrected chi connectivity index (χ0v) is 20.6. The molecule has 0 radical (unpaired) electrons. The van der Waals surface area contributed by atoms with Gasteiger partial charge in [-0.1, -0.05) is 20.8 Å². The molecule has 1 heterocycles. The number of hydrogen-bond donors (Lipinski definition) is 1. The molecule has 0 aromatic heterocycles. The summed E-state index contributed by atoms with van der Waals surface area (Å²) in [4.78, 5) is 26.5. The number of alkyl halides is 1. The van der Waals surface area contributed by atoms with Crippen LogP contribution in [0, 0.1) is 0 Å². The Morgan fingerprint density at radius 1 is 1.18 bits per heavy atom. The van der Waals surface area contributed by atoms with Gasteiger partial charge in [-0.15, -0.1) is 11.6 Å². The van der Waals surface area contributed by atoms with Crippen molar-refractivity contribution in [3.8, 4) is 0 Å². The van der Waals surface area contributed by atoms with Crippen LogP contribution in [-0.4, -0.2) is 61.9 Å². The normalized spacial score (nSPS) is 21.4. The Morgan fingerprint density at radius 2 is 1.79 bits per heavy atom.